The molecule has 0 aliphatic carbocycles. The number of ketones is 1. The lowest BCUT2D eigenvalue weighted by molar-refractivity contribution is -0.180. The molecular weight excluding hydrogens is 482 g/mol. The lowest BCUT2D eigenvalue weighted by Crippen LogP contribution is -2.49. The summed E-state index contributed by atoms with van der Waals surface area (Å²) in [5, 5.41) is -0.279. The van der Waals surface area contributed by atoms with Crippen molar-refractivity contribution in [3.63, 3.8) is 0 Å². The number of ether oxygens (including phenoxy) is 1. The number of nitrogens with one attached hydrogen (secondary N) is 1. The summed E-state index contributed by atoms with van der Waals surface area (Å²) in [5.41, 5.74) is 5.45. The van der Waals surface area contributed by atoms with Crippen LogP contribution in [0.5, 0.6) is 0 Å². The molecular formula is C26H33N3O6S. The molecule has 2 atom stereocenters. The zero-order chi connectivity index (χ0) is 26.5. The van der Waals surface area contributed by atoms with Crippen LogP contribution in [0, 0.1) is 5.92 Å². The minimum atomic E-state index is -4.05. The van der Waals surface area contributed by atoms with Crippen LogP contribution in [0.3, 0.4) is 0 Å². The lowest BCUT2D eigenvalue weighted by Gasteiger charge is -2.40. The Labute approximate surface area is 211 Å². The average Bonchev–Trinajstić information content (AvgIpc) is 2.81. The van der Waals surface area contributed by atoms with E-state index in [0.29, 0.717) is 24.8 Å². The molecule has 36 heavy (non-hydrogen) atoms. The van der Waals surface area contributed by atoms with E-state index >= 15 is 0 Å². The van der Waals surface area contributed by atoms with Gasteiger partial charge in [0, 0.05) is 24.2 Å². The highest BCUT2D eigenvalue weighted by Crippen LogP contribution is 2.41. The zero-order valence-corrected chi connectivity index (χ0v) is 21.6. The Bertz CT molecular complexity index is 1200. The number of benzene rings is 1. The number of carbonyl (C=O) groups is 3. The van der Waals surface area contributed by atoms with Crippen LogP contribution in [0.4, 0.5) is 5.69 Å². The van der Waals surface area contributed by atoms with Crippen LogP contribution in [0.15, 0.2) is 47.6 Å². The van der Waals surface area contributed by atoms with Crippen molar-refractivity contribution in [3.8, 4) is 0 Å². The molecule has 0 spiro atoms. The summed E-state index contributed by atoms with van der Waals surface area (Å²) < 4.78 is 34.0. The molecule has 2 heterocycles. The summed E-state index contributed by atoms with van der Waals surface area (Å²) >= 11 is 0. The second-order valence-electron chi connectivity index (χ2n) is 9.22. The fraction of sp³-hybridized carbons (Fsp3) is 0.462. The highest BCUT2D eigenvalue weighted by Gasteiger charge is 2.48. The first-order valence-corrected chi connectivity index (χ1v) is 13.7. The standard InChI is InChI=1S/C26H33N3O6S/c1-4-12-26(13-5-2)15-21(30)23(25(32)35-26)20(6-3)17-8-7-9-19(14-17)29-36(33,34)22-11-10-18(16-28-22)24(27)31/h7-11,14,16,20,23,29H,4-6,12-13,15H2,1-3H3,(H2,27,31). The largest absolute Gasteiger partial charge is 0.458 e. The molecule has 2 aromatic rings. The number of primary amides is 1. The molecule has 1 aromatic carbocycles. The number of esters is 1. The number of aromatic nitrogens is 1. The SMILES string of the molecule is CCCC1(CCC)CC(=O)C(C(CC)c2cccc(NS(=O)(=O)c3ccc(C(N)=O)cn3)c2)C(=O)O1. The Balaban J connectivity index is 1.84. The molecule has 3 rings (SSSR count). The highest BCUT2D eigenvalue weighted by atomic mass is 32.2. The molecule has 0 radical (unpaired) electrons. The van der Waals surface area contributed by atoms with Crippen molar-refractivity contribution in [3.05, 3.63) is 53.7 Å². The molecule has 0 bridgehead atoms. The summed E-state index contributed by atoms with van der Waals surface area (Å²) in [6.45, 7) is 5.89. The summed E-state index contributed by atoms with van der Waals surface area (Å²) in [6.07, 6.45) is 4.70. The first-order chi connectivity index (χ1) is 17.1. The normalized spacial score (nSPS) is 18.4. The van der Waals surface area contributed by atoms with Crippen molar-refractivity contribution in [2.24, 2.45) is 11.7 Å². The van der Waals surface area contributed by atoms with E-state index in [9.17, 15) is 22.8 Å². The topological polar surface area (TPSA) is 146 Å². The molecule has 0 saturated carbocycles. The fourth-order valence-electron chi connectivity index (χ4n) is 4.96. The van der Waals surface area contributed by atoms with Crippen molar-refractivity contribution >= 4 is 33.4 Å². The maximum Gasteiger partial charge on any atom is 0.317 e. The Morgan fingerprint density at radius 1 is 1.17 bits per heavy atom. The van der Waals surface area contributed by atoms with Crippen molar-refractivity contribution in [1.29, 1.82) is 0 Å². The van der Waals surface area contributed by atoms with Crippen LogP contribution in [0.25, 0.3) is 0 Å². The van der Waals surface area contributed by atoms with E-state index in [4.69, 9.17) is 10.5 Å². The van der Waals surface area contributed by atoms with Gasteiger partial charge in [-0.1, -0.05) is 45.7 Å². The predicted molar refractivity (Wildman–Crippen MR) is 135 cm³/mol. The van der Waals surface area contributed by atoms with Gasteiger partial charge in [0.25, 0.3) is 10.0 Å². The minimum absolute atomic E-state index is 0.0904. The van der Waals surface area contributed by atoms with E-state index in [2.05, 4.69) is 9.71 Å². The number of amides is 1. The first kappa shape index (κ1) is 27.3. The number of sulfonamides is 1. The molecule has 2 unspecified atom stereocenters. The van der Waals surface area contributed by atoms with Gasteiger partial charge in [-0.05, 0) is 49.1 Å². The Kier molecular flexibility index (Phi) is 8.50. The fourth-order valence-corrected chi connectivity index (χ4v) is 5.95. The quantitative estimate of drug-likeness (QED) is 0.340. The van der Waals surface area contributed by atoms with E-state index in [-0.39, 0.29) is 28.5 Å². The molecule has 1 aliphatic heterocycles. The minimum Gasteiger partial charge on any atom is -0.458 e. The number of nitrogens with two attached hydrogens (primary N) is 1. The van der Waals surface area contributed by atoms with Gasteiger partial charge in [0.05, 0.1) is 5.56 Å². The molecule has 1 aliphatic rings. The van der Waals surface area contributed by atoms with Gasteiger partial charge in [0.1, 0.15) is 11.5 Å². The van der Waals surface area contributed by atoms with E-state index in [1.807, 2.05) is 20.8 Å². The lowest BCUT2D eigenvalue weighted by atomic mass is 9.74. The van der Waals surface area contributed by atoms with Crippen LogP contribution in [0.1, 0.15) is 81.1 Å². The second kappa shape index (κ2) is 11.2. The number of anilines is 1. The van der Waals surface area contributed by atoms with E-state index in [0.717, 1.165) is 19.0 Å². The van der Waals surface area contributed by atoms with Crippen LogP contribution in [-0.2, 0) is 24.3 Å². The Morgan fingerprint density at radius 3 is 2.39 bits per heavy atom. The smallest absolute Gasteiger partial charge is 0.317 e. The summed E-state index contributed by atoms with van der Waals surface area (Å²) in [4.78, 5) is 41.4. The van der Waals surface area contributed by atoms with Gasteiger partial charge >= 0.3 is 5.97 Å². The third-order valence-corrected chi connectivity index (χ3v) is 7.83. The number of hydrogen-bond donors (Lipinski definition) is 2. The monoisotopic (exact) mass is 515 g/mol. The van der Waals surface area contributed by atoms with Gasteiger partial charge in [-0.25, -0.2) is 4.98 Å². The number of rotatable bonds is 11. The molecule has 1 fully saturated rings. The van der Waals surface area contributed by atoms with E-state index < -0.39 is 39.3 Å². The van der Waals surface area contributed by atoms with Crippen LogP contribution in [0.2, 0.25) is 0 Å². The third kappa shape index (κ3) is 5.92. The molecule has 3 N–H and O–H groups in total. The number of pyridine rings is 1. The molecule has 1 amide bonds. The van der Waals surface area contributed by atoms with Crippen molar-refractivity contribution in [2.75, 3.05) is 4.72 Å². The molecule has 194 valence electrons. The Morgan fingerprint density at radius 2 is 1.86 bits per heavy atom. The van der Waals surface area contributed by atoms with Crippen LogP contribution in [-0.4, -0.2) is 36.7 Å². The summed E-state index contributed by atoms with van der Waals surface area (Å²) in [6, 6.07) is 9.09. The maximum atomic E-state index is 13.3. The van der Waals surface area contributed by atoms with Gasteiger partial charge in [-0.2, -0.15) is 8.42 Å². The number of cyclic esters (lactones) is 1. The van der Waals surface area contributed by atoms with Gasteiger partial charge in [-0.3, -0.25) is 19.1 Å². The van der Waals surface area contributed by atoms with Gasteiger partial charge in [-0.15, -0.1) is 0 Å². The molecule has 1 saturated heterocycles. The summed E-state index contributed by atoms with van der Waals surface area (Å²) in [7, 11) is -4.05. The van der Waals surface area contributed by atoms with Crippen molar-refractivity contribution in [2.45, 2.75) is 75.8 Å². The molecule has 10 heteroatoms. The number of nitrogens with zero attached hydrogens (tertiary/aromatic N) is 1. The van der Waals surface area contributed by atoms with Gasteiger partial charge in [0.15, 0.2) is 10.8 Å². The first-order valence-electron chi connectivity index (χ1n) is 12.2. The second-order valence-corrected chi connectivity index (χ2v) is 10.8. The van der Waals surface area contributed by atoms with Crippen LogP contribution < -0.4 is 10.5 Å². The number of carbonyl (C=O) groups excluding carboxylic acids is 3. The molecule has 1 aromatic heterocycles. The summed E-state index contributed by atoms with van der Waals surface area (Å²) in [5.74, 6) is -2.75. The van der Waals surface area contributed by atoms with Gasteiger partial charge in [0.2, 0.25) is 5.91 Å². The van der Waals surface area contributed by atoms with Crippen molar-refractivity contribution < 1.29 is 27.5 Å². The Hall–Kier alpha value is -3.27. The average molecular weight is 516 g/mol. The van der Waals surface area contributed by atoms with E-state index in [1.54, 1.807) is 24.3 Å². The highest BCUT2D eigenvalue weighted by molar-refractivity contribution is 7.92. The van der Waals surface area contributed by atoms with Crippen LogP contribution >= 0.6 is 0 Å². The third-order valence-electron chi connectivity index (χ3n) is 6.53. The predicted octanol–water partition coefficient (Wildman–Crippen LogP) is 3.95. The number of Topliss-reactive ketones (excluding diaryl/α,β-unsaturated/α-hetero) is 1. The van der Waals surface area contributed by atoms with Crippen molar-refractivity contribution in [1.82, 2.24) is 4.98 Å². The maximum absolute atomic E-state index is 13.3. The van der Waals surface area contributed by atoms with E-state index in [1.165, 1.54) is 12.1 Å². The van der Waals surface area contributed by atoms with Gasteiger partial charge < -0.3 is 10.5 Å². The zero-order valence-electron chi connectivity index (χ0n) is 20.8. The molecule has 9 nitrogen and oxygen atoms in total. The number of hydrogen-bond acceptors (Lipinski definition) is 7.